The summed E-state index contributed by atoms with van der Waals surface area (Å²) in [6.07, 6.45) is 2.59. The lowest BCUT2D eigenvalue weighted by Crippen LogP contribution is -2.34. The molecule has 1 saturated carbocycles. The van der Waals surface area contributed by atoms with E-state index in [2.05, 4.69) is 25.6 Å². The van der Waals surface area contributed by atoms with Crippen LogP contribution in [-0.2, 0) is 0 Å². The van der Waals surface area contributed by atoms with Crippen molar-refractivity contribution in [3.63, 3.8) is 0 Å². The van der Waals surface area contributed by atoms with E-state index in [1.54, 1.807) is 0 Å². The molecule has 2 unspecified atom stereocenters. The predicted molar refractivity (Wildman–Crippen MR) is 53.3 cm³/mol. The maximum atomic E-state index is 9.15. The molecule has 0 amide bonds. The fourth-order valence-electron chi connectivity index (χ4n) is 2.65. The number of aliphatic hydroxyl groups excluding tert-OH is 1. The highest BCUT2D eigenvalue weighted by molar-refractivity contribution is 7.99. The zero-order valence-corrected chi connectivity index (χ0v) is 8.78. The smallest absolute Gasteiger partial charge is 0.0465 e. The van der Waals surface area contributed by atoms with Gasteiger partial charge in [-0.05, 0) is 41.1 Å². The van der Waals surface area contributed by atoms with Crippen molar-refractivity contribution in [3.05, 3.63) is 0 Å². The highest BCUT2D eigenvalue weighted by Gasteiger charge is 2.62. The summed E-state index contributed by atoms with van der Waals surface area (Å²) in [4.78, 5) is 0. The molecular weight excluding hydrogens is 168 g/mol. The van der Waals surface area contributed by atoms with E-state index < -0.39 is 0 Å². The Morgan fingerprint density at radius 2 is 2.25 bits per heavy atom. The molecule has 0 bridgehead atoms. The average molecular weight is 186 g/mol. The van der Waals surface area contributed by atoms with E-state index >= 15 is 0 Å². The molecule has 2 aliphatic rings. The Morgan fingerprint density at radius 1 is 1.50 bits per heavy atom. The van der Waals surface area contributed by atoms with Crippen molar-refractivity contribution in [3.8, 4) is 0 Å². The molecule has 1 nitrogen and oxygen atoms in total. The van der Waals surface area contributed by atoms with Gasteiger partial charge in [-0.15, -0.1) is 0 Å². The van der Waals surface area contributed by atoms with E-state index in [-0.39, 0.29) is 0 Å². The third kappa shape index (κ3) is 1.04. The van der Waals surface area contributed by atoms with E-state index in [4.69, 9.17) is 5.11 Å². The van der Waals surface area contributed by atoms with Crippen LogP contribution in [0.2, 0.25) is 0 Å². The molecule has 0 aromatic carbocycles. The van der Waals surface area contributed by atoms with Crippen molar-refractivity contribution in [1.82, 2.24) is 0 Å². The van der Waals surface area contributed by atoms with Gasteiger partial charge in [0.15, 0.2) is 0 Å². The van der Waals surface area contributed by atoms with Crippen molar-refractivity contribution < 1.29 is 5.11 Å². The molecular formula is C10H18OS. The van der Waals surface area contributed by atoms with Crippen LogP contribution in [0.1, 0.15) is 26.7 Å². The molecule has 1 heterocycles. The Morgan fingerprint density at radius 3 is 2.75 bits per heavy atom. The minimum Gasteiger partial charge on any atom is -0.396 e. The van der Waals surface area contributed by atoms with Gasteiger partial charge in [-0.3, -0.25) is 0 Å². The van der Waals surface area contributed by atoms with E-state index in [0.717, 1.165) is 0 Å². The minimum atomic E-state index is 0.407. The second-order valence-electron chi connectivity index (χ2n) is 4.93. The van der Waals surface area contributed by atoms with Crippen LogP contribution in [0.25, 0.3) is 0 Å². The molecule has 12 heavy (non-hydrogen) atoms. The number of hydrogen-bond donors (Lipinski definition) is 1. The largest absolute Gasteiger partial charge is 0.396 e. The summed E-state index contributed by atoms with van der Waals surface area (Å²) < 4.78 is 0. The SMILES string of the molecule is CC1(C)CCSCC12CC2CO. The number of aliphatic hydroxyl groups is 1. The number of hydrogen-bond acceptors (Lipinski definition) is 2. The average Bonchev–Trinajstić information content (AvgIpc) is 2.72. The predicted octanol–water partition coefficient (Wildman–Crippen LogP) is 2.15. The topological polar surface area (TPSA) is 20.2 Å². The maximum absolute atomic E-state index is 9.15. The number of thioether (sulfide) groups is 1. The zero-order chi connectivity index (χ0) is 8.82. The lowest BCUT2D eigenvalue weighted by atomic mass is 9.73. The van der Waals surface area contributed by atoms with Crippen LogP contribution < -0.4 is 0 Å². The van der Waals surface area contributed by atoms with Gasteiger partial charge in [0, 0.05) is 6.61 Å². The van der Waals surface area contributed by atoms with Crippen LogP contribution in [0.15, 0.2) is 0 Å². The van der Waals surface area contributed by atoms with Crippen LogP contribution >= 0.6 is 11.8 Å². The Bertz CT molecular complexity index is 190. The molecule has 2 heteroatoms. The van der Waals surface area contributed by atoms with Gasteiger partial charge in [0.25, 0.3) is 0 Å². The highest BCUT2D eigenvalue weighted by Crippen LogP contribution is 2.67. The van der Waals surface area contributed by atoms with Crippen LogP contribution in [0, 0.1) is 16.7 Å². The van der Waals surface area contributed by atoms with E-state index in [0.29, 0.717) is 23.4 Å². The van der Waals surface area contributed by atoms with Gasteiger partial charge >= 0.3 is 0 Å². The van der Waals surface area contributed by atoms with E-state index in [1.807, 2.05) is 0 Å². The first-order valence-electron chi connectivity index (χ1n) is 4.81. The number of rotatable bonds is 1. The molecule has 2 fully saturated rings. The minimum absolute atomic E-state index is 0.407. The summed E-state index contributed by atoms with van der Waals surface area (Å²) in [5, 5.41) is 9.15. The first kappa shape index (κ1) is 8.89. The summed E-state index contributed by atoms with van der Waals surface area (Å²) >= 11 is 2.07. The van der Waals surface area contributed by atoms with Crippen molar-refractivity contribution in [2.75, 3.05) is 18.1 Å². The van der Waals surface area contributed by atoms with E-state index in [1.165, 1.54) is 24.3 Å². The van der Waals surface area contributed by atoms with Crippen LogP contribution in [0.5, 0.6) is 0 Å². The normalized spacial score (nSPS) is 44.8. The van der Waals surface area contributed by atoms with Gasteiger partial charge in [-0.2, -0.15) is 11.8 Å². The Labute approximate surface area is 78.9 Å². The molecule has 2 atom stereocenters. The molecule has 1 aliphatic heterocycles. The van der Waals surface area contributed by atoms with Gasteiger partial charge < -0.3 is 5.11 Å². The molecule has 0 radical (unpaired) electrons. The summed E-state index contributed by atoms with van der Waals surface area (Å²) in [5.74, 6) is 3.21. The molecule has 1 aliphatic carbocycles. The first-order valence-corrected chi connectivity index (χ1v) is 5.96. The lowest BCUT2D eigenvalue weighted by Gasteiger charge is -2.40. The van der Waals surface area contributed by atoms with Crippen molar-refractivity contribution in [1.29, 1.82) is 0 Å². The molecule has 0 aromatic heterocycles. The quantitative estimate of drug-likeness (QED) is 0.677. The first-order chi connectivity index (χ1) is 5.62. The summed E-state index contributed by atoms with van der Waals surface area (Å²) in [6.45, 7) is 5.16. The molecule has 70 valence electrons. The van der Waals surface area contributed by atoms with Crippen LogP contribution in [0.4, 0.5) is 0 Å². The van der Waals surface area contributed by atoms with Gasteiger partial charge in [-0.25, -0.2) is 0 Å². The lowest BCUT2D eigenvalue weighted by molar-refractivity contribution is 0.150. The van der Waals surface area contributed by atoms with Crippen LogP contribution in [-0.4, -0.2) is 23.2 Å². The fourth-order valence-corrected chi connectivity index (χ4v) is 4.56. The third-order valence-corrected chi connectivity index (χ3v) is 5.24. The Balaban J connectivity index is 2.13. The summed E-state index contributed by atoms with van der Waals surface area (Å²) in [5.41, 5.74) is 0.982. The summed E-state index contributed by atoms with van der Waals surface area (Å²) in [6, 6.07) is 0. The monoisotopic (exact) mass is 186 g/mol. The highest BCUT2D eigenvalue weighted by atomic mass is 32.2. The van der Waals surface area contributed by atoms with E-state index in [9.17, 15) is 0 Å². The molecule has 2 rings (SSSR count). The molecule has 1 spiro atoms. The molecule has 0 aromatic rings. The third-order valence-electron chi connectivity index (χ3n) is 4.03. The molecule has 1 N–H and O–H groups in total. The zero-order valence-electron chi connectivity index (χ0n) is 7.97. The Hall–Kier alpha value is 0.310. The van der Waals surface area contributed by atoms with Crippen LogP contribution in [0.3, 0.4) is 0 Å². The standard InChI is InChI=1S/C10H18OS/c1-9(2)3-4-12-7-10(9)5-8(10)6-11/h8,11H,3-7H2,1-2H3. The van der Waals surface area contributed by atoms with Crippen molar-refractivity contribution in [2.45, 2.75) is 26.7 Å². The Kier molecular flexibility index (Phi) is 1.96. The van der Waals surface area contributed by atoms with Crippen molar-refractivity contribution in [2.24, 2.45) is 16.7 Å². The molecule has 1 saturated heterocycles. The van der Waals surface area contributed by atoms with Gasteiger partial charge in [-0.1, -0.05) is 13.8 Å². The van der Waals surface area contributed by atoms with Gasteiger partial charge in [0.2, 0.25) is 0 Å². The second kappa shape index (κ2) is 2.65. The van der Waals surface area contributed by atoms with Gasteiger partial charge in [0.05, 0.1) is 0 Å². The fraction of sp³-hybridized carbons (Fsp3) is 1.00. The van der Waals surface area contributed by atoms with Crippen molar-refractivity contribution >= 4 is 11.8 Å². The van der Waals surface area contributed by atoms with Gasteiger partial charge in [0.1, 0.15) is 0 Å². The second-order valence-corrected chi connectivity index (χ2v) is 6.03. The summed E-state index contributed by atoms with van der Waals surface area (Å²) in [7, 11) is 0. The maximum Gasteiger partial charge on any atom is 0.0465 e.